The van der Waals surface area contributed by atoms with E-state index < -0.39 is 0 Å². The molecule has 0 bridgehead atoms. The number of aryl methyl sites for hydroxylation is 6. The molecule has 0 saturated heterocycles. The molecule has 0 aliphatic heterocycles. The zero-order valence-corrected chi connectivity index (χ0v) is 20.5. The molecule has 0 aliphatic rings. The summed E-state index contributed by atoms with van der Waals surface area (Å²) in [5.41, 5.74) is 11.1. The maximum absolute atomic E-state index is 4.44. The lowest BCUT2D eigenvalue weighted by atomic mass is 10.1. The summed E-state index contributed by atoms with van der Waals surface area (Å²) < 4.78 is 3.75. The van der Waals surface area contributed by atoms with Crippen LogP contribution in [0.25, 0.3) is 32.5 Å². The molecule has 0 radical (unpaired) electrons. The van der Waals surface area contributed by atoms with E-state index >= 15 is 0 Å². The molecule has 33 heavy (non-hydrogen) atoms. The lowest BCUT2D eigenvalue weighted by Gasteiger charge is -2.10. The molecule has 0 aliphatic carbocycles. The number of thiophene rings is 1. The summed E-state index contributed by atoms with van der Waals surface area (Å²) in [5, 5.41) is 17.7. The van der Waals surface area contributed by atoms with Gasteiger partial charge in [0.2, 0.25) is 0 Å². The molecule has 0 spiro atoms. The summed E-state index contributed by atoms with van der Waals surface area (Å²) in [6, 6.07) is 12.8. The zero-order valence-electron chi connectivity index (χ0n) is 19.7. The Labute approximate surface area is 197 Å². The van der Waals surface area contributed by atoms with Crippen molar-refractivity contribution in [1.29, 1.82) is 0 Å². The van der Waals surface area contributed by atoms with E-state index in [1.807, 2.05) is 21.8 Å². The lowest BCUT2D eigenvalue weighted by molar-refractivity contribution is 0.793. The highest BCUT2D eigenvalue weighted by Gasteiger charge is 2.15. The Balaban J connectivity index is 1.45. The molecule has 3 heterocycles. The molecular weight excluding hydrogens is 428 g/mol. The average molecular weight is 455 g/mol. The Bertz CT molecular complexity index is 1330. The minimum Gasteiger partial charge on any atom is -0.220 e. The van der Waals surface area contributed by atoms with E-state index in [-0.39, 0.29) is 0 Å². The zero-order chi connectivity index (χ0) is 23.3. The van der Waals surface area contributed by atoms with Crippen LogP contribution in [0.2, 0.25) is 0 Å². The Morgan fingerprint density at radius 3 is 1.30 bits per heavy atom. The highest BCUT2D eigenvalue weighted by atomic mass is 32.1. The van der Waals surface area contributed by atoms with E-state index in [9.17, 15) is 0 Å². The van der Waals surface area contributed by atoms with E-state index in [4.69, 9.17) is 0 Å². The Morgan fingerprint density at radius 1 is 0.576 bits per heavy atom. The van der Waals surface area contributed by atoms with Gasteiger partial charge < -0.3 is 0 Å². The van der Waals surface area contributed by atoms with E-state index in [2.05, 4.69) is 98.6 Å². The number of hydrogen-bond donors (Lipinski definition) is 0. The van der Waals surface area contributed by atoms with Crippen LogP contribution in [0.15, 0.2) is 48.8 Å². The molecule has 0 fully saturated rings. The van der Waals surface area contributed by atoms with Gasteiger partial charge in [0.05, 0.1) is 33.5 Å². The third kappa shape index (κ3) is 3.89. The number of benzene rings is 2. The van der Waals surface area contributed by atoms with Crippen LogP contribution in [0.1, 0.15) is 33.4 Å². The minimum atomic E-state index is 0.850. The molecule has 0 atom stereocenters. The predicted molar refractivity (Wildman–Crippen MR) is 133 cm³/mol. The van der Waals surface area contributed by atoms with Crippen molar-refractivity contribution >= 4 is 11.3 Å². The van der Waals surface area contributed by atoms with Crippen LogP contribution in [0.4, 0.5) is 0 Å². The van der Waals surface area contributed by atoms with Crippen molar-refractivity contribution in [1.82, 2.24) is 30.0 Å². The smallest absolute Gasteiger partial charge is 0.123 e. The van der Waals surface area contributed by atoms with Gasteiger partial charge in [-0.2, -0.15) is 0 Å². The highest BCUT2D eigenvalue weighted by Crippen LogP contribution is 2.33. The molecule has 0 amide bonds. The van der Waals surface area contributed by atoms with Gasteiger partial charge in [-0.15, -0.1) is 21.5 Å². The summed E-state index contributed by atoms with van der Waals surface area (Å²) in [7, 11) is 0. The first-order valence-electron chi connectivity index (χ1n) is 10.9. The van der Waals surface area contributed by atoms with E-state index in [0.717, 1.165) is 32.5 Å². The summed E-state index contributed by atoms with van der Waals surface area (Å²) in [6.45, 7) is 12.7. The van der Waals surface area contributed by atoms with Crippen LogP contribution in [0, 0.1) is 41.5 Å². The van der Waals surface area contributed by atoms with Crippen molar-refractivity contribution in [3.63, 3.8) is 0 Å². The molecular formula is C26H26N6S. The van der Waals surface area contributed by atoms with Gasteiger partial charge in [-0.25, -0.2) is 9.36 Å². The second kappa shape index (κ2) is 8.08. The van der Waals surface area contributed by atoms with Crippen LogP contribution in [0.3, 0.4) is 0 Å². The number of nitrogens with zero attached hydrogens (tertiary/aromatic N) is 6. The van der Waals surface area contributed by atoms with E-state index in [0.29, 0.717) is 0 Å². The van der Waals surface area contributed by atoms with Crippen molar-refractivity contribution in [2.24, 2.45) is 0 Å². The van der Waals surface area contributed by atoms with Gasteiger partial charge in [-0.05, 0) is 75.9 Å². The molecule has 7 heteroatoms. The van der Waals surface area contributed by atoms with Gasteiger partial charge in [0.25, 0.3) is 0 Å². The fraction of sp³-hybridized carbons (Fsp3) is 0.231. The number of rotatable bonds is 4. The monoisotopic (exact) mass is 454 g/mol. The highest BCUT2D eigenvalue weighted by molar-refractivity contribution is 7.18. The first kappa shape index (κ1) is 21.3. The van der Waals surface area contributed by atoms with Crippen molar-refractivity contribution in [3.8, 4) is 32.5 Å². The standard InChI is InChI=1S/C26H26N6S/c1-15-9-17(3)25(18(4)10-15)31-13-21(27-29-31)23-7-8-24(33-23)22-14-32(30-28-22)26-19(5)11-16(2)12-20(26)6/h7-14H,1-6H3. The first-order valence-corrected chi connectivity index (χ1v) is 11.7. The molecule has 166 valence electrons. The summed E-state index contributed by atoms with van der Waals surface area (Å²) in [6.07, 6.45) is 3.99. The summed E-state index contributed by atoms with van der Waals surface area (Å²) in [4.78, 5) is 2.10. The van der Waals surface area contributed by atoms with Crippen LogP contribution >= 0.6 is 11.3 Å². The quantitative estimate of drug-likeness (QED) is 0.329. The first-order chi connectivity index (χ1) is 15.8. The maximum atomic E-state index is 4.44. The second-order valence-corrected chi connectivity index (χ2v) is 9.84. The van der Waals surface area contributed by atoms with E-state index in [1.54, 1.807) is 11.3 Å². The van der Waals surface area contributed by atoms with Crippen molar-refractivity contribution < 1.29 is 0 Å². The van der Waals surface area contributed by atoms with Crippen molar-refractivity contribution in [2.45, 2.75) is 41.5 Å². The van der Waals surface area contributed by atoms with Crippen molar-refractivity contribution in [3.05, 3.63) is 82.2 Å². The Morgan fingerprint density at radius 2 is 0.939 bits per heavy atom. The molecule has 0 N–H and O–H groups in total. The van der Waals surface area contributed by atoms with Gasteiger partial charge in [-0.1, -0.05) is 45.8 Å². The van der Waals surface area contributed by atoms with Gasteiger partial charge in [-0.3, -0.25) is 0 Å². The largest absolute Gasteiger partial charge is 0.220 e. The molecule has 5 aromatic rings. The van der Waals surface area contributed by atoms with Gasteiger partial charge in [0.1, 0.15) is 11.4 Å². The number of aromatic nitrogens is 6. The predicted octanol–water partition coefficient (Wildman–Crippen LogP) is 6.09. The van der Waals surface area contributed by atoms with Crippen LogP contribution < -0.4 is 0 Å². The Hall–Kier alpha value is -3.58. The molecule has 0 saturated carbocycles. The topological polar surface area (TPSA) is 61.4 Å². The normalized spacial score (nSPS) is 11.3. The van der Waals surface area contributed by atoms with Gasteiger partial charge >= 0.3 is 0 Å². The van der Waals surface area contributed by atoms with Crippen LogP contribution in [0.5, 0.6) is 0 Å². The third-order valence-corrected chi connectivity index (χ3v) is 6.96. The summed E-state index contributed by atoms with van der Waals surface area (Å²) >= 11 is 1.65. The fourth-order valence-electron chi connectivity index (χ4n) is 4.65. The fourth-order valence-corrected chi connectivity index (χ4v) is 5.56. The maximum Gasteiger partial charge on any atom is 0.123 e. The van der Waals surface area contributed by atoms with E-state index in [1.165, 1.54) is 33.4 Å². The van der Waals surface area contributed by atoms with Crippen LogP contribution in [-0.4, -0.2) is 30.0 Å². The second-order valence-electron chi connectivity index (χ2n) is 8.76. The van der Waals surface area contributed by atoms with Gasteiger partial charge in [0, 0.05) is 0 Å². The molecule has 5 rings (SSSR count). The van der Waals surface area contributed by atoms with Gasteiger partial charge in [0.15, 0.2) is 0 Å². The van der Waals surface area contributed by atoms with Crippen molar-refractivity contribution in [2.75, 3.05) is 0 Å². The summed E-state index contributed by atoms with van der Waals surface area (Å²) in [5.74, 6) is 0. The molecule has 3 aromatic heterocycles. The number of hydrogen-bond acceptors (Lipinski definition) is 5. The minimum absolute atomic E-state index is 0.850. The molecule has 0 unspecified atom stereocenters. The van der Waals surface area contributed by atoms with Crippen LogP contribution in [-0.2, 0) is 0 Å². The SMILES string of the molecule is Cc1cc(C)c(-n2cc(-c3ccc(-c4cn(-c5c(C)cc(C)cc5C)nn4)s3)nn2)c(C)c1. The lowest BCUT2D eigenvalue weighted by Crippen LogP contribution is -2.01. The molecule has 2 aromatic carbocycles. The molecule has 6 nitrogen and oxygen atoms in total. The third-order valence-electron chi connectivity index (χ3n) is 5.83. The Kier molecular flexibility index (Phi) is 5.21. The average Bonchev–Trinajstić information content (AvgIpc) is 3.47.